The molecule has 2 nitrogen and oxygen atoms in total. The lowest BCUT2D eigenvalue weighted by molar-refractivity contribution is 0.506. The number of nitrogens with zero attached hydrogens (tertiary/aromatic N) is 1. The summed E-state index contributed by atoms with van der Waals surface area (Å²) >= 11 is 0. The van der Waals surface area contributed by atoms with Crippen molar-refractivity contribution < 1.29 is 4.74 Å². The van der Waals surface area contributed by atoms with E-state index in [1.54, 1.807) is 12.3 Å². The number of ether oxygens (including phenoxy) is 1. The van der Waals surface area contributed by atoms with E-state index in [9.17, 15) is 0 Å². The smallest absolute Gasteiger partial charge is 0.292 e. The first-order valence-corrected chi connectivity index (χ1v) is 3.37. The lowest BCUT2D eigenvalue weighted by atomic mass is 10.1. The van der Waals surface area contributed by atoms with Crippen LogP contribution < -0.4 is 4.74 Å². The van der Waals surface area contributed by atoms with Crippen LogP contribution in [0.4, 0.5) is 0 Å². The minimum atomic E-state index is 0.607. The molecule has 0 N–H and O–H groups in total. The number of hydrogen-bond acceptors (Lipinski definition) is 2. The molecule has 2 heteroatoms. The van der Waals surface area contributed by atoms with Crippen molar-refractivity contribution in [3.05, 3.63) is 29.3 Å². The van der Waals surface area contributed by atoms with Crippen molar-refractivity contribution >= 4 is 0 Å². The maximum atomic E-state index is 8.21. The van der Waals surface area contributed by atoms with Gasteiger partial charge in [-0.05, 0) is 37.1 Å². The van der Waals surface area contributed by atoms with Crippen molar-refractivity contribution in [2.45, 2.75) is 13.8 Å². The molecule has 0 atom stereocenters. The van der Waals surface area contributed by atoms with Crippen LogP contribution in [0.2, 0.25) is 0 Å². The van der Waals surface area contributed by atoms with Crippen LogP contribution in [-0.4, -0.2) is 0 Å². The standard InChI is InChI=1S/C9H9NO/c1-7-3-4-9(11-6-10)5-8(7)2/h3-5H,1-2H3. The SMILES string of the molecule is Cc1ccc(OC#N)cc1C. The molecule has 0 aliphatic carbocycles. The molecule has 1 aromatic carbocycles. The maximum Gasteiger partial charge on any atom is 0.292 e. The summed E-state index contributed by atoms with van der Waals surface area (Å²) in [5.74, 6) is 0.607. The van der Waals surface area contributed by atoms with Gasteiger partial charge in [-0.2, -0.15) is 0 Å². The third kappa shape index (κ3) is 1.71. The number of hydrogen-bond donors (Lipinski definition) is 0. The fourth-order valence-electron chi connectivity index (χ4n) is 0.830. The average molecular weight is 147 g/mol. The molecule has 0 aliphatic rings. The van der Waals surface area contributed by atoms with E-state index in [-0.39, 0.29) is 0 Å². The summed E-state index contributed by atoms with van der Waals surface area (Å²) < 4.78 is 4.65. The van der Waals surface area contributed by atoms with Crippen LogP contribution in [0.1, 0.15) is 11.1 Å². The first kappa shape index (κ1) is 7.62. The minimum absolute atomic E-state index is 0.607. The second-order valence-electron chi connectivity index (χ2n) is 2.44. The van der Waals surface area contributed by atoms with Crippen molar-refractivity contribution in [2.75, 3.05) is 0 Å². The molecule has 56 valence electrons. The number of rotatable bonds is 1. The fourth-order valence-corrected chi connectivity index (χ4v) is 0.830. The van der Waals surface area contributed by atoms with E-state index in [1.807, 2.05) is 26.0 Å². The monoisotopic (exact) mass is 147 g/mol. The summed E-state index contributed by atoms with van der Waals surface area (Å²) in [6.07, 6.45) is 1.63. The molecule has 1 aromatic rings. The van der Waals surface area contributed by atoms with Crippen molar-refractivity contribution in [3.8, 4) is 12.0 Å². The highest BCUT2D eigenvalue weighted by atomic mass is 16.5. The van der Waals surface area contributed by atoms with Gasteiger partial charge in [-0.15, -0.1) is 5.26 Å². The van der Waals surface area contributed by atoms with Crippen LogP contribution in [0.25, 0.3) is 0 Å². The number of benzene rings is 1. The number of aryl methyl sites for hydroxylation is 2. The molecule has 0 saturated heterocycles. The Labute approximate surface area is 66.0 Å². The maximum absolute atomic E-state index is 8.21. The zero-order valence-corrected chi connectivity index (χ0v) is 6.59. The van der Waals surface area contributed by atoms with Crippen LogP contribution in [0.5, 0.6) is 5.75 Å². The van der Waals surface area contributed by atoms with Gasteiger partial charge < -0.3 is 4.74 Å². The van der Waals surface area contributed by atoms with Gasteiger partial charge in [0.25, 0.3) is 6.26 Å². The topological polar surface area (TPSA) is 33.0 Å². The molecule has 0 fully saturated rings. The lowest BCUT2D eigenvalue weighted by Crippen LogP contribution is -1.84. The summed E-state index contributed by atoms with van der Waals surface area (Å²) in [5, 5.41) is 8.21. The highest BCUT2D eigenvalue weighted by molar-refractivity contribution is 5.34. The second kappa shape index (κ2) is 3.07. The normalized spacial score (nSPS) is 8.82. The Bertz CT molecular complexity index is 299. The molecule has 0 saturated carbocycles. The van der Waals surface area contributed by atoms with Crippen LogP contribution in [0.3, 0.4) is 0 Å². The van der Waals surface area contributed by atoms with E-state index in [0.29, 0.717) is 5.75 Å². The van der Waals surface area contributed by atoms with Gasteiger partial charge in [0.2, 0.25) is 0 Å². The summed E-state index contributed by atoms with van der Waals surface area (Å²) in [4.78, 5) is 0. The zero-order chi connectivity index (χ0) is 8.27. The average Bonchev–Trinajstić information content (AvgIpc) is 1.98. The van der Waals surface area contributed by atoms with Crippen LogP contribution in [-0.2, 0) is 0 Å². The lowest BCUT2D eigenvalue weighted by Gasteiger charge is -2.00. The van der Waals surface area contributed by atoms with E-state index in [4.69, 9.17) is 5.26 Å². The van der Waals surface area contributed by atoms with Gasteiger partial charge >= 0.3 is 0 Å². The molecule has 0 radical (unpaired) electrons. The van der Waals surface area contributed by atoms with Gasteiger partial charge in [0.1, 0.15) is 5.75 Å². The Morgan fingerprint density at radius 3 is 2.55 bits per heavy atom. The Balaban J connectivity index is 2.98. The van der Waals surface area contributed by atoms with Crippen LogP contribution >= 0.6 is 0 Å². The summed E-state index contributed by atoms with van der Waals surface area (Å²) in [5.41, 5.74) is 2.34. The van der Waals surface area contributed by atoms with Gasteiger partial charge in [0, 0.05) is 0 Å². The van der Waals surface area contributed by atoms with Crippen LogP contribution in [0, 0.1) is 25.4 Å². The Kier molecular flexibility index (Phi) is 2.12. The van der Waals surface area contributed by atoms with Gasteiger partial charge in [-0.1, -0.05) is 6.07 Å². The van der Waals surface area contributed by atoms with Gasteiger partial charge in [-0.25, -0.2) is 0 Å². The molecule has 11 heavy (non-hydrogen) atoms. The molecule has 0 aliphatic heterocycles. The third-order valence-corrected chi connectivity index (χ3v) is 1.64. The summed E-state index contributed by atoms with van der Waals surface area (Å²) in [7, 11) is 0. The third-order valence-electron chi connectivity index (χ3n) is 1.64. The van der Waals surface area contributed by atoms with E-state index >= 15 is 0 Å². The molecular formula is C9H9NO. The van der Waals surface area contributed by atoms with Crippen LogP contribution in [0.15, 0.2) is 18.2 Å². The molecule has 1 rings (SSSR count). The molecule has 0 spiro atoms. The summed E-state index contributed by atoms with van der Waals surface area (Å²) in [6, 6.07) is 5.56. The zero-order valence-electron chi connectivity index (χ0n) is 6.59. The first-order chi connectivity index (χ1) is 5.24. The second-order valence-corrected chi connectivity index (χ2v) is 2.44. The molecule has 0 amide bonds. The molecule has 0 aromatic heterocycles. The van der Waals surface area contributed by atoms with Gasteiger partial charge in [0.15, 0.2) is 0 Å². The Hall–Kier alpha value is -1.49. The minimum Gasteiger partial charge on any atom is -0.388 e. The van der Waals surface area contributed by atoms with E-state index in [2.05, 4.69) is 4.74 Å². The van der Waals surface area contributed by atoms with E-state index < -0.39 is 0 Å². The van der Waals surface area contributed by atoms with Crippen molar-refractivity contribution in [1.82, 2.24) is 0 Å². The Morgan fingerprint density at radius 1 is 1.27 bits per heavy atom. The first-order valence-electron chi connectivity index (χ1n) is 3.37. The fraction of sp³-hybridized carbons (Fsp3) is 0.222. The molecule has 0 heterocycles. The predicted octanol–water partition coefficient (Wildman–Crippen LogP) is 2.16. The van der Waals surface area contributed by atoms with Crippen molar-refractivity contribution in [1.29, 1.82) is 5.26 Å². The summed E-state index contributed by atoms with van der Waals surface area (Å²) in [6.45, 7) is 4.01. The quantitative estimate of drug-likeness (QED) is 0.570. The van der Waals surface area contributed by atoms with Crippen molar-refractivity contribution in [2.24, 2.45) is 0 Å². The Morgan fingerprint density at radius 2 is 2.00 bits per heavy atom. The highest BCUT2D eigenvalue weighted by Gasteiger charge is 1.95. The molecule has 0 unspecified atom stereocenters. The van der Waals surface area contributed by atoms with Gasteiger partial charge in [0.05, 0.1) is 0 Å². The van der Waals surface area contributed by atoms with E-state index in [1.165, 1.54) is 5.56 Å². The highest BCUT2D eigenvalue weighted by Crippen LogP contribution is 2.15. The predicted molar refractivity (Wildman–Crippen MR) is 42.2 cm³/mol. The van der Waals surface area contributed by atoms with Crippen molar-refractivity contribution in [3.63, 3.8) is 0 Å². The largest absolute Gasteiger partial charge is 0.388 e. The van der Waals surface area contributed by atoms with E-state index in [0.717, 1.165) is 5.56 Å². The molecule has 0 bridgehead atoms. The van der Waals surface area contributed by atoms with Gasteiger partial charge in [-0.3, -0.25) is 0 Å². The molecular weight excluding hydrogens is 138 g/mol. The number of nitriles is 1.